The Morgan fingerprint density at radius 1 is 1.27 bits per heavy atom. The molecule has 2 unspecified atom stereocenters. The van der Waals surface area contributed by atoms with E-state index in [1.807, 2.05) is 6.92 Å². The van der Waals surface area contributed by atoms with E-state index < -0.39 is 0 Å². The summed E-state index contributed by atoms with van der Waals surface area (Å²) in [6, 6.07) is 8.12. The van der Waals surface area contributed by atoms with Gasteiger partial charge >= 0.3 is 0 Å². The molecule has 0 spiro atoms. The highest BCUT2D eigenvalue weighted by atomic mass is 16.3. The summed E-state index contributed by atoms with van der Waals surface area (Å²) in [6.45, 7) is 7.87. The maximum atomic E-state index is 12.4. The van der Waals surface area contributed by atoms with E-state index in [1.165, 1.54) is 11.1 Å². The highest BCUT2D eigenvalue weighted by Gasteiger charge is 2.26. The van der Waals surface area contributed by atoms with Gasteiger partial charge in [0.2, 0.25) is 5.91 Å². The van der Waals surface area contributed by atoms with Crippen LogP contribution in [-0.4, -0.2) is 41.1 Å². The number of nitrogens with one attached hydrogen (secondary N) is 1. The lowest BCUT2D eigenvalue weighted by Gasteiger charge is -2.33. The van der Waals surface area contributed by atoms with E-state index in [9.17, 15) is 9.90 Å². The van der Waals surface area contributed by atoms with E-state index in [-0.39, 0.29) is 24.6 Å². The molecule has 0 aromatic heterocycles. The van der Waals surface area contributed by atoms with E-state index in [0.29, 0.717) is 5.92 Å². The van der Waals surface area contributed by atoms with Crippen LogP contribution in [0.15, 0.2) is 24.3 Å². The Hall–Kier alpha value is -1.39. The molecule has 0 fully saturated rings. The van der Waals surface area contributed by atoms with Crippen molar-refractivity contribution in [2.45, 2.75) is 52.2 Å². The lowest BCUT2D eigenvalue weighted by Crippen LogP contribution is -2.50. The molecular formula is C18H28N2O2. The van der Waals surface area contributed by atoms with Gasteiger partial charge in [0.25, 0.3) is 0 Å². The molecule has 2 N–H and O–H groups in total. The van der Waals surface area contributed by atoms with Gasteiger partial charge in [0.15, 0.2) is 0 Å². The number of carbonyl (C=O) groups is 1. The molecular weight excluding hydrogens is 276 g/mol. The molecule has 1 aliphatic rings. The van der Waals surface area contributed by atoms with Crippen LogP contribution >= 0.6 is 0 Å². The van der Waals surface area contributed by atoms with Gasteiger partial charge in [0.1, 0.15) is 0 Å². The minimum absolute atomic E-state index is 0.000522. The molecule has 4 nitrogen and oxygen atoms in total. The topological polar surface area (TPSA) is 52.6 Å². The number of carbonyl (C=O) groups excluding carboxylic acids is 1. The van der Waals surface area contributed by atoms with E-state index in [0.717, 1.165) is 25.9 Å². The zero-order valence-electron chi connectivity index (χ0n) is 13.9. The summed E-state index contributed by atoms with van der Waals surface area (Å²) in [4.78, 5) is 14.7. The normalized spacial score (nSPS) is 17.9. The molecule has 0 saturated carbocycles. The van der Waals surface area contributed by atoms with Gasteiger partial charge in [-0.3, -0.25) is 9.69 Å². The van der Waals surface area contributed by atoms with Gasteiger partial charge in [-0.25, -0.2) is 0 Å². The fourth-order valence-corrected chi connectivity index (χ4v) is 3.08. The van der Waals surface area contributed by atoms with Crippen LogP contribution in [0.25, 0.3) is 0 Å². The lowest BCUT2D eigenvalue weighted by atomic mass is 9.98. The molecule has 4 heteroatoms. The molecule has 0 bridgehead atoms. The van der Waals surface area contributed by atoms with Crippen molar-refractivity contribution in [1.82, 2.24) is 10.2 Å². The summed E-state index contributed by atoms with van der Waals surface area (Å²) < 4.78 is 0. The zero-order chi connectivity index (χ0) is 16.1. The summed E-state index contributed by atoms with van der Waals surface area (Å²) >= 11 is 0. The number of aliphatic hydroxyl groups is 1. The molecule has 1 aromatic rings. The Balaban J connectivity index is 1.94. The number of nitrogens with zero attached hydrogens (tertiary/aromatic N) is 1. The minimum atomic E-state index is -0.172. The summed E-state index contributed by atoms with van der Waals surface area (Å²) in [5.41, 5.74) is 2.70. The van der Waals surface area contributed by atoms with Crippen LogP contribution in [0, 0.1) is 5.92 Å². The monoisotopic (exact) mass is 304 g/mol. The average molecular weight is 304 g/mol. The van der Waals surface area contributed by atoms with Gasteiger partial charge in [-0.1, -0.05) is 38.1 Å². The van der Waals surface area contributed by atoms with Crippen LogP contribution in [0.5, 0.6) is 0 Å². The number of fused-ring (bicyclic) bond motifs is 1. The average Bonchev–Trinajstić information content (AvgIpc) is 2.52. The summed E-state index contributed by atoms with van der Waals surface area (Å²) in [5.74, 6) is 0.466. The number of aliphatic hydroxyl groups excluding tert-OH is 1. The first-order valence-corrected chi connectivity index (χ1v) is 8.23. The van der Waals surface area contributed by atoms with Gasteiger partial charge in [-0.2, -0.15) is 0 Å². The SMILES string of the molecule is CC(C)CC(CO)NC(=O)C(C)N1CCc2ccccc2C1. The highest BCUT2D eigenvalue weighted by molar-refractivity contribution is 5.81. The molecule has 0 aliphatic carbocycles. The first-order chi connectivity index (χ1) is 10.5. The maximum Gasteiger partial charge on any atom is 0.237 e. The maximum absolute atomic E-state index is 12.4. The lowest BCUT2D eigenvalue weighted by molar-refractivity contribution is -0.127. The summed E-state index contributed by atoms with van der Waals surface area (Å²) in [7, 11) is 0. The predicted molar refractivity (Wildman–Crippen MR) is 88.5 cm³/mol. The molecule has 0 saturated heterocycles. The van der Waals surface area contributed by atoms with Crippen LogP contribution in [0.1, 0.15) is 38.3 Å². The molecule has 2 atom stereocenters. The number of benzene rings is 1. The van der Waals surface area contributed by atoms with Gasteiger partial charge in [-0.05, 0) is 36.8 Å². The van der Waals surface area contributed by atoms with Gasteiger partial charge in [-0.15, -0.1) is 0 Å². The van der Waals surface area contributed by atoms with Crippen molar-refractivity contribution in [3.63, 3.8) is 0 Å². The van der Waals surface area contributed by atoms with Crippen LogP contribution in [0.3, 0.4) is 0 Å². The number of hydrogen-bond donors (Lipinski definition) is 2. The van der Waals surface area contributed by atoms with Gasteiger partial charge in [0.05, 0.1) is 18.7 Å². The quantitative estimate of drug-likeness (QED) is 0.845. The van der Waals surface area contributed by atoms with E-state index in [1.54, 1.807) is 0 Å². The molecule has 0 radical (unpaired) electrons. The van der Waals surface area contributed by atoms with Crippen molar-refractivity contribution in [1.29, 1.82) is 0 Å². The van der Waals surface area contributed by atoms with Crippen LogP contribution < -0.4 is 5.32 Å². The van der Waals surface area contributed by atoms with Crippen LogP contribution in [0.4, 0.5) is 0 Å². The van der Waals surface area contributed by atoms with Gasteiger partial charge < -0.3 is 10.4 Å². The third-order valence-electron chi connectivity index (χ3n) is 4.41. The third kappa shape index (κ3) is 4.31. The van der Waals surface area contributed by atoms with Crippen molar-refractivity contribution in [2.75, 3.05) is 13.2 Å². The Morgan fingerprint density at radius 3 is 2.59 bits per heavy atom. The Labute approximate surface area is 133 Å². The van der Waals surface area contributed by atoms with Crippen molar-refractivity contribution >= 4 is 5.91 Å². The van der Waals surface area contributed by atoms with Crippen LogP contribution in [0.2, 0.25) is 0 Å². The molecule has 1 amide bonds. The fourth-order valence-electron chi connectivity index (χ4n) is 3.08. The Morgan fingerprint density at radius 2 is 1.95 bits per heavy atom. The number of amides is 1. The molecule has 1 aliphatic heterocycles. The summed E-state index contributed by atoms with van der Waals surface area (Å²) in [6.07, 6.45) is 1.79. The molecule has 1 heterocycles. The zero-order valence-corrected chi connectivity index (χ0v) is 13.9. The van der Waals surface area contributed by atoms with E-state index in [2.05, 4.69) is 48.3 Å². The molecule has 1 aromatic carbocycles. The summed E-state index contributed by atoms with van der Waals surface area (Å²) in [5, 5.41) is 12.4. The fraction of sp³-hybridized carbons (Fsp3) is 0.611. The standard InChI is InChI=1S/C18H28N2O2/c1-13(2)10-17(12-21)19-18(22)14(3)20-9-8-15-6-4-5-7-16(15)11-20/h4-7,13-14,17,21H,8-12H2,1-3H3,(H,19,22). The van der Waals surface area contributed by atoms with Crippen molar-refractivity contribution in [2.24, 2.45) is 5.92 Å². The molecule has 22 heavy (non-hydrogen) atoms. The van der Waals surface area contributed by atoms with Crippen molar-refractivity contribution in [3.8, 4) is 0 Å². The second kappa shape index (κ2) is 7.75. The van der Waals surface area contributed by atoms with E-state index >= 15 is 0 Å². The number of hydrogen-bond acceptors (Lipinski definition) is 3. The van der Waals surface area contributed by atoms with Crippen molar-refractivity contribution in [3.05, 3.63) is 35.4 Å². The molecule has 122 valence electrons. The van der Waals surface area contributed by atoms with Crippen molar-refractivity contribution < 1.29 is 9.90 Å². The Bertz CT molecular complexity index is 502. The first kappa shape index (κ1) is 17.0. The first-order valence-electron chi connectivity index (χ1n) is 8.23. The molecule has 2 rings (SSSR count). The van der Waals surface area contributed by atoms with Crippen LogP contribution in [-0.2, 0) is 17.8 Å². The number of rotatable bonds is 6. The minimum Gasteiger partial charge on any atom is -0.394 e. The largest absolute Gasteiger partial charge is 0.394 e. The van der Waals surface area contributed by atoms with E-state index in [4.69, 9.17) is 0 Å². The second-order valence-corrected chi connectivity index (χ2v) is 6.68. The van der Waals surface area contributed by atoms with Gasteiger partial charge in [0, 0.05) is 13.1 Å². The third-order valence-corrected chi connectivity index (χ3v) is 4.41. The highest BCUT2D eigenvalue weighted by Crippen LogP contribution is 2.20. The Kier molecular flexibility index (Phi) is 5.98. The predicted octanol–water partition coefficient (Wildman–Crippen LogP) is 1.96. The smallest absolute Gasteiger partial charge is 0.237 e. The second-order valence-electron chi connectivity index (χ2n) is 6.68.